The lowest BCUT2D eigenvalue weighted by Gasteiger charge is -2.19. The van der Waals surface area contributed by atoms with E-state index in [-0.39, 0.29) is 18.9 Å². The van der Waals surface area contributed by atoms with Gasteiger partial charge in [0.2, 0.25) is 5.91 Å². The summed E-state index contributed by atoms with van der Waals surface area (Å²) in [6.07, 6.45) is 1.02. The Morgan fingerprint density at radius 1 is 1.23 bits per heavy atom. The highest BCUT2D eigenvalue weighted by atomic mass is 35.5. The molecule has 2 aromatic rings. The second kappa shape index (κ2) is 7.79. The van der Waals surface area contributed by atoms with Crippen LogP contribution >= 0.6 is 11.6 Å². The number of ether oxygens (including phenoxy) is 2. The van der Waals surface area contributed by atoms with Crippen molar-refractivity contribution in [1.29, 1.82) is 0 Å². The van der Waals surface area contributed by atoms with Gasteiger partial charge in [0, 0.05) is 18.0 Å². The quantitative estimate of drug-likeness (QED) is 0.589. The van der Waals surface area contributed by atoms with E-state index >= 15 is 0 Å². The van der Waals surface area contributed by atoms with Gasteiger partial charge in [-0.25, -0.2) is 0 Å². The number of amides is 1. The van der Waals surface area contributed by atoms with Crippen molar-refractivity contribution in [3.8, 4) is 11.5 Å². The Hall–Kier alpha value is -2.53. The van der Waals surface area contributed by atoms with Gasteiger partial charge in [-0.15, -0.1) is 0 Å². The lowest BCUT2D eigenvalue weighted by molar-refractivity contribution is -0.139. The van der Waals surface area contributed by atoms with Gasteiger partial charge >= 0.3 is 5.97 Å². The van der Waals surface area contributed by atoms with Crippen LogP contribution in [0.25, 0.3) is 0 Å². The third-order valence-electron chi connectivity index (χ3n) is 4.44. The van der Waals surface area contributed by atoms with Crippen LogP contribution in [0.1, 0.15) is 18.9 Å². The molecule has 1 aliphatic heterocycles. The number of methoxy groups -OCH3 is 1. The summed E-state index contributed by atoms with van der Waals surface area (Å²) in [5, 5.41) is 0.496. The van der Waals surface area contributed by atoms with E-state index in [0.29, 0.717) is 22.2 Å². The summed E-state index contributed by atoms with van der Waals surface area (Å²) in [5.74, 6) is -0.0812. The van der Waals surface area contributed by atoms with Crippen molar-refractivity contribution >= 4 is 29.2 Å². The molecular formula is C20H20ClNO4. The van der Waals surface area contributed by atoms with Crippen molar-refractivity contribution in [2.24, 2.45) is 5.92 Å². The number of benzene rings is 2. The number of nitrogens with zero attached hydrogens (tertiary/aromatic N) is 1. The third kappa shape index (κ3) is 3.83. The van der Waals surface area contributed by atoms with Crippen LogP contribution in [0.4, 0.5) is 5.69 Å². The van der Waals surface area contributed by atoms with Crippen LogP contribution in [-0.4, -0.2) is 25.5 Å². The minimum absolute atomic E-state index is 0.0988. The molecule has 26 heavy (non-hydrogen) atoms. The first-order valence-corrected chi connectivity index (χ1v) is 8.84. The lowest BCUT2D eigenvalue weighted by Crippen LogP contribution is -2.27. The molecule has 0 aliphatic carbocycles. The minimum atomic E-state index is -0.531. The SMILES string of the molecule is CCc1ccc(OC(=O)[C@@H]2CC(=O)N(c3cc(Cl)ccc3OC)C2)cc1. The maximum Gasteiger partial charge on any atom is 0.316 e. The van der Waals surface area contributed by atoms with Crippen molar-refractivity contribution in [2.45, 2.75) is 19.8 Å². The fourth-order valence-corrected chi connectivity index (χ4v) is 3.13. The van der Waals surface area contributed by atoms with Crippen LogP contribution in [0.3, 0.4) is 0 Å². The van der Waals surface area contributed by atoms with Crippen LogP contribution in [0.15, 0.2) is 42.5 Å². The van der Waals surface area contributed by atoms with Crippen LogP contribution in [0.5, 0.6) is 11.5 Å². The first-order valence-electron chi connectivity index (χ1n) is 8.46. The van der Waals surface area contributed by atoms with E-state index in [1.807, 2.05) is 12.1 Å². The summed E-state index contributed by atoms with van der Waals surface area (Å²) in [5.41, 5.74) is 1.73. The Morgan fingerprint density at radius 2 is 1.96 bits per heavy atom. The monoisotopic (exact) mass is 373 g/mol. The summed E-state index contributed by atoms with van der Waals surface area (Å²) in [6.45, 7) is 2.30. The van der Waals surface area contributed by atoms with Gasteiger partial charge in [0.1, 0.15) is 11.5 Å². The smallest absolute Gasteiger partial charge is 0.316 e. The van der Waals surface area contributed by atoms with Gasteiger partial charge in [-0.2, -0.15) is 0 Å². The summed E-state index contributed by atoms with van der Waals surface area (Å²) in [7, 11) is 1.53. The molecule has 0 unspecified atom stereocenters. The van der Waals surface area contributed by atoms with Gasteiger partial charge in [-0.3, -0.25) is 9.59 Å². The molecule has 0 spiro atoms. The second-order valence-electron chi connectivity index (χ2n) is 6.14. The Labute approximate surface area is 157 Å². The summed E-state index contributed by atoms with van der Waals surface area (Å²) < 4.78 is 10.7. The van der Waals surface area contributed by atoms with Gasteiger partial charge in [0.05, 0.1) is 18.7 Å². The molecule has 6 heteroatoms. The fraction of sp³-hybridized carbons (Fsp3) is 0.300. The molecule has 5 nitrogen and oxygen atoms in total. The molecule has 0 radical (unpaired) electrons. The second-order valence-corrected chi connectivity index (χ2v) is 6.58. The fourth-order valence-electron chi connectivity index (χ4n) is 2.97. The Bertz CT molecular complexity index is 819. The van der Waals surface area contributed by atoms with Crippen LogP contribution in [-0.2, 0) is 16.0 Å². The zero-order chi connectivity index (χ0) is 18.7. The van der Waals surface area contributed by atoms with Crippen LogP contribution in [0, 0.1) is 5.92 Å². The van der Waals surface area contributed by atoms with Crippen LogP contribution < -0.4 is 14.4 Å². The number of rotatable bonds is 5. The predicted octanol–water partition coefficient (Wildman–Crippen LogP) is 3.87. The number of esters is 1. The Kier molecular flexibility index (Phi) is 5.47. The van der Waals surface area contributed by atoms with Crippen molar-refractivity contribution in [1.82, 2.24) is 0 Å². The van der Waals surface area contributed by atoms with Gasteiger partial charge in [-0.05, 0) is 42.3 Å². The largest absolute Gasteiger partial charge is 0.495 e. The molecule has 3 rings (SSSR count). The molecule has 0 N–H and O–H groups in total. The number of hydrogen-bond donors (Lipinski definition) is 0. The van der Waals surface area contributed by atoms with E-state index in [4.69, 9.17) is 21.1 Å². The standard InChI is InChI=1S/C20H20ClNO4/c1-3-13-4-7-16(8-5-13)26-20(24)14-10-19(23)22(12-14)17-11-15(21)6-9-18(17)25-2/h4-9,11,14H,3,10,12H2,1-2H3/t14-/m1/s1. The number of halogens is 1. The molecule has 1 fully saturated rings. The number of aryl methyl sites for hydroxylation is 1. The van der Waals surface area contributed by atoms with E-state index in [0.717, 1.165) is 6.42 Å². The number of carbonyl (C=O) groups excluding carboxylic acids is 2. The van der Waals surface area contributed by atoms with Gasteiger partial charge in [0.25, 0.3) is 0 Å². The van der Waals surface area contributed by atoms with E-state index in [2.05, 4.69) is 6.92 Å². The predicted molar refractivity (Wildman–Crippen MR) is 99.9 cm³/mol. The first kappa shape index (κ1) is 18.3. The highest BCUT2D eigenvalue weighted by Crippen LogP contribution is 2.35. The molecule has 0 saturated carbocycles. The Balaban J connectivity index is 1.72. The molecule has 1 heterocycles. The lowest BCUT2D eigenvalue weighted by atomic mass is 10.1. The van der Waals surface area contributed by atoms with Gasteiger partial charge in [0.15, 0.2) is 0 Å². The van der Waals surface area contributed by atoms with E-state index < -0.39 is 11.9 Å². The molecular weight excluding hydrogens is 354 g/mol. The molecule has 0 aromatic heterocycles. The van der Waals surface area contributed by atoms with Crippen molar-refractivity contribution in [2.75, 3.05) is 18.6 Å². The maximum atomic E-state index is 12.5. The first-order chi connectivity index (χ1) is 12.5. The molecule has 2 aromatic carbocycles. The number of carbonyl (C=O) groups is 2. The molecule has 0 bridgehead atoms. The van der Waals surface area contributed by atoms with E-state index in [1.54, 1.807) is 30.3 Å². The number of hydrogen-bond acceptors (Lipinski definition) is 4. The minimum Gasteiger partial charge on any atom is -0.495 e. The Morgan fingerprint density at radius 3 is 2.62 bits per heavy atom. The molecule has 1 amide bonds. The van der Waals surface area contributed by atoms with Crippen molar-refractivity contribution in [3.05, 3.63) is 53.1 Å². The highest BCUT2D eigenvalue weighted by molar-refractivity contribution is 6.31. The highest BCUT2D eigenvalue weighted by Gasteiger charge is 2.37. The summed E-state index contributed by atoms with van der Waals surface area (Å²) >= 11 is 6.05. The van der Waals surface area contributed by atoms with E-state index in [9.17, 15) is 9.59 Å². The topological polar surface area (TPSA) is 55.8 Å². The maximum absolute atomic E-state index is 12.5. The zero-order valence-corrected chi connectivity index (χ0v) is 15.5. The van der Waals surface area contributed by atoms with Gasteiger partial charge in [-0.1, -0.05) is 30.7 Å². The third-order valence-corrected chi connectivity index (χ3v) is 4.68. The van der Waals surface area contributed by atoms with Crippen LogP contribution in [0.2, 0.25) is 5.02 Å². The summed E-state index contributed by atoms with van der Waals surface area (Å²) in [6, 6.07) is 12.4. The molecule has 1 aliphatic rings. The summed E-state index contributed by atoms with van der Waals surface area (Å²) in [4.78, 5) is 26.4. The average Bonchev–Trinajstić information content (AvgIpc) is 3.04. The van der Waals surface area contributed by atoms with E-state index in [1.165, 1.54) is 17.6 Å². The van der Waals surface area contributed by atoms with Gasteiger partial charge < -0.3 is 14.4 Å². The molecule has 1 saturated heterocycles. The normalized spacial score (nSPS) is 16.7. The molecule has 136 valence electrons. The zero-order valence-electron chi connectivity index (χ0n) is 14.7. The molecule has 1 atom stereocenters. The van der Waals surface area contributed by atoms with Crippen molar-refractivity contribution < 1.29 is 19.1 Å². The average molecular weight is 374 g/mol. The number of anilines is 1. The van der Waals surface area contributed by atoms with Crippen molar-refractivity contribution in [3.63, 3.8) is 0 Å².